The van der Waals surface area contributed by atoms with Gasteiger partial charge in [0.2, 0.25) is 0 Å². The topological polar surface area (TPSA) is 50.1 Å². The van der Waals surface area contributed by atoms with Gasteiger partial charge >= 0.3 is 0 Å². The molecule has 0 amide bonds. The van der Waals surface area contributed by atoms with E-state index in [0.29, 0.717) is 12.0 Å². The second-order valence-corrected chi connectivity index (χ2v) is 5.47. The molecule has 112 valence electrons. The van der Waals surface area contributed by atoms with Crippen LogP contribution in [0.4, 0.5) is 0 Å². The van der Waals surface area contributed by atoms with E-state index >= 15 is 0 Å². The average Bonchev–Trinajstić information content (AvgIpc) is 2.51. The summed E-state index contributed by atoms with van der Waals surface area (Å²) in [6.07, 6.45) is 0.894. The molecule has 0 aliphatic rings. The van der Waals surface area contributed by atoms with Crippen molar-refractivity contribution < 1.29 is 9.53 Å². The van der Waals surface area contributed by atoms with Crippen LogP contribution in [-0.2, 0) is 11.2 Å². The Morgan fingerprint density at radius 2 is 1.95 bits per heavy atom. The summed E-state index contributed by atoms with van der Waals surface area (Å²) in [7, 11) is 0. The molecule has 3 heteroatoms. The van der Waals surface area contributed by atoms with Crippen LogP contribution in [0.2, 0.25) is 0 Å². The molecule has 0 saturated carbocycles. The number of rotatable bonds is 5. The van der Waals surface area contributed by atoms with Crippen molar-refractivity contribution in [2.24, 2.45) is 0 Å². The molecule has 0 N–H and O–H groups in total. The monoisotopic (exact) mass is 293 g/mol. The first-order valence-electron chi connectivity index (χ1n) is 7.25. The maximum absolute atomic E-state index is 10.9. The van der Waals surface area contributed by atoms with E-state index in [1.165, 1.54) is 0 Å². The van der Waals surface area contributed by atoms with Gasteiger partial charge in [0.05, 0.1) is 11.6 Å². The molecule has 1 unspecified atom stereocenters. The van der Waals surface area contributed by atoms with Crippen LogP contribution in [0.1, 0.15) is 34.7 Å². The van der Waals surface area contributed by atoms with Crippen molar-refractivity contribution in [2.45, 2.75) is 33.3 Å². The summed E-state index contributed by atoms with van der Waals surface area (Å²) in [6.45, 7) is 5.72. The summed E-state index contributed by atoms with van der Waals surface area (Å²) in [4.78, 5) is 10.9. The Morgan fingerprint density at radius 3 is 2.64 bits per heavy atom. The number of nitriles is 1. The molecule has 0 fully saturated rings. The van der Waals surface area contributed by atoms with Gasteiger partial charge < -0.3 is 4.74 Å². The van der Waals surface area contributed by atoms with Gasteiger partial charge in [-0.15, -0.1) is 0 Å². The molecule has 22 heavy (non-hydrogen) atoms. The van der Waals surface area contributed by atoms with Gasteiger partial charge in [-0.25, -0.2) is 0 Å². The number of hydrogen-bond acceptors (Lipinski definition) is 3. The normalized spacial score (nSPS) is 11.5. The third-order valence-electron chi connectivity index (χ3n) is 3.51. The van der Waals surface area contributed by atoms with Crippen molar-refractivity contribution in [1.29, 1.82) is 5.26 Å². The van der Waals surface area contributed by atoms with Crippen LogP contribution in [0.25, 0.3) is 0 Å². The van der Waals surface area contributed by atoms with Crippen molar-refractivity contribution in [3.63, 3.8) is 0 Å². The van der Waals surface area contributed by atoms with Gasteiger partial charge in [-0.3, -0.25) is 4.79 Å². The van der Waals surface area contributed by atoms with Gasteiger partial charge in [0.1, 0.15) is 5.75 Å². The minimum absolute atomic E-state index is 0.494. The Hall–Kier alpha value is -2.60. The lowest BCUT2D eigenvalue weighted by Gasteiger charge is -2.17. The minimum Gasteiger partial charge on any atom is -0.483 e. The quantitative estimate of drug-likeness (QED) is 0.789. The number of aldehydes is 1. The van der Waals surface area contributed by atoms with Crippen LogP contribution in [-0.4, -0.2) is 12.4 Å². The molecule has 0 aliphatic carbocycles. The van der Waals surface area contributed by atoms with Gasteiger partial charge in [0.15, 0.2) is 12.4 Å². The largest absolute Gasteiger partial charge is 0.483 e. The molecule has 2 aromatic carbocycles. The highest BCUT2D eigenvalue weighted by Crippen LogP contribution is 2.29. The van der Waals surface area contributed by atoms with E-state index in [9.17, 15) is 10.1 Å². The molecule has 2 aromatic rings. The summed E-state index contributed by atoms with van der Waals surface area (Å²) >= 11 is 0. The Kier molecular flexibility index (Phi) is 4.95. The van der Waals surface area contributed by atoms with Gasteiger partial charge in [-0.1, -0.05) is 35.9 Å². The number of ether oxygens (including phenoxy) is 1. The molecule has 3 nitrogen and oxygen atoms in total. The molecule has 0 radical (unpaired) electrons. The third-order valence-corrected chi connectivity index (χ3v) is 3.51. The molecule has 0 bridgehead atoms. The fourth-order valence-corrected chi connectivity index (χ4v) is 2.54. The Morgan fingerprint density at radius 1 is 1.23 bits per heavy atom. The molecule has 0 spiro atoms. The second-order valence-electron chi connectivity index (χ2n) is 5.47. The predicted molar refractivity (Wildman–Crippen MR) is 86.0 cm³/mol. The fraction of sp³-hybridized carbons (Fsp3) is 0.263. The zero-order chi connectivity index (χ0) is 16.1. The van der Waals surface area contributed by atoms with Crippen molar-refractivity contribution >= 4 is 6.29 Å². The van der Waals surface area contributed by atoms with Gasteiger partial charge in [-0.2, -0.15) is 5.26 Å². The van der Waals surface area contributed by atoms with Crippen LogP contribution >= 0.6 is 0 Å². The molecule has 0 saturated heterocycles. The highest BCUT2D eigenvalue weighted by atomic mass is 16.5. The number of benzene rings is 2. The van der Waals surface area contributed by atoms with E-state index in [2.05, 4.69) is 6.07 Å². The molecule has 0 heterocycles. The smallest absolute Gasteiger partial charge is 0.160 e. The summed E-state index contributed by atoms with van der Waals surface area (Å²) in [5.74, 6) is 0.734. The number of aryl methyl sites for hydroxylation is 2. The van der Waals surface area contributed by atoms with E-state index < -0.39 is 6.10 Å². The highest BCUT2D eigenvalue weighted by Gasteiger charge is 2.13. The Labute approximate surface area is 131 Å². The third kappa shape index (κ3) is 3.53. The maximum atomic E-state index is 10.9. The lowest BCUT2D eigenvalue weighted by Crippen LogP contribution is -2.15. The lowest BCUT2D eigenvalue weighted by molar-refractivity contribution is -0.113. The summed E-state index contributed by atoms with van der Waals surface area (Å²) in [5.41, 5.74) is 4.75. The van der Waals surface area contributed by atoms with Gasteiger partial charge in [-0.05, 0) is 43.5 Å². The molecule has 0 aliphatic heterocycles. The first-order chi connectivity index (χ1) is 10.5. The van der Waals surface area contributed by atoms with Gasteiger partial charge in [0, 0.05) is 6.42 Å². The number of carbonyl (C=O) groups is 1. The highest BCUT2D eigenvalue weighted by molar-refractivity contribution is 5.57. The van der Waals surface area contributed by atoms with E-state index in [4.69, 9.17) is 4.74 Å². The van der Waals surface area contributed by atoms with E-state index in [-0.39, 0.29) is 0 Å². The van der Waals surface area contributed by atoms with E-state index in [1.807, 2.05) is 50.2 Å². The van der Waals surface area contributed by atoms with Crippen LogP contribution in [0.15, 0.2) is 36.4 Å². The summed E-state index contributed by atoms with van der Waals surface area (Å²) in [6, 6.07) is 13.8. The van der Waals surface area contributed by atoms with Gasteiger partial charge in [0.25, 0.3) is 0 Å². The van der Waals surface area contributed by atoms with Crippen LogP contribution in [0.5, 0.6) is 5.75 Å². The first-order valence-corrected chi connectivity index (χ1v) is 7.25. The SMILES string of the molecule is Cc1cc(C)c(OC(C)C=O)c(Cc2ccccc2C#N)c1. The van der Waals surface area contributed by atoms with Crippen LogP contribution < -0.4 is 4.74 Å². The minimum atomic E-state index is -0.494. The molecular weight excluding hydrogens is 274 g/mol. The molecule has 0 aromatic heterocycles. The number of carbonyl (C=O) groups excluding carboxylic acids is 1. The summed E-state index contributed by atoms with van der Waals surface area (Å²) < 4.78 is 5.78. The van der Waals surface area contributed by atoms with Crippen molar-refractivity contribution in [3.8, 4) is 11.8 Å². The lowest BCUT2D eigenvalue weighted by atomic mass is 9.96. The average molecular weight is 293 g/mol. The predicted octanol–water partition coefficient (Wildman–Crippen LogP) is 3.73. The first kappa shape index (κ1) is 15.8. The molecular formula is C19H19NO2. The Bertz CT molecular complexity index is 729. The van der Waals surface area contributed by atoms with Crippen molar-refractivity contribution in [2.75, 3.05) is 0 Å². The molecule has 1 atom stereocenters. The zero-order valence-corrected chi connectivity index (χ0v) is 13.1. The van der Waals surface area contributed by atoms with E-state index in [1.54, 1.807) is 6.92 Å². The van der Waals surface area contributed by atoms with Crippen LogP contribution in [0, 0.1) is 25.2 Å². The van der Waals surface area contributed by atoms with E-state index in [0.717, 1.165) is 34.3 Å². The fourth-order valence-electron chi connectivity index (χ4n) is 2.54. The van der Waals surface area contributed by atoms with Crippen molar-refractivity contribution in [1.82, 2.24) is 0 Å². The number of hydrogen-bond donors (Lipinski definition) is 0. The molecule has 2 rings (SSSR count). The number of nitrogens with zero attached hydrogens (tertiary/aromatic N) is 1. The Balaban J connectivity index is 2.45. The zero-order valence-electron chi connectivity index (χ0n) is 13.1. The standard InChI is InChI=1S/C19H19NO2/c1-13-8-14(2)19(22-15(3)12-21)18(9-13)10-16-6-4-5-7-17(16)11-20/h4-9,12,15H,10H2,1-3H3. The maximum Gasteiger partial charge on any atom is 0.160 e. The van der Waals surface area contributed by atoms with Crippen LogP contribution in [0.3, 0.4) is 0 Å². The van der Waals surface area contributed by atoms with Crippen molar-refractivity contribution in [3.05, 3.63) is 64.2 Å². The second kappa shape index (κ2) is 6.91. The summed E-state index contributed by atoms with van der Waals surface area (Å²) in [5, 5.41) is 9.23.